The molecule has 0 aliphatic rings. The monoisotopic (exact) mass is 314 g/mol. The van der Waals surface area contributed by atoms with Crippen molar-refractivity contribution in [2.75, 3.05) is 0 Å². The highest BCUT2D eigenvalue weighted by molar-refractivity contribution is 5.73. The molecule has 0 aromatic heterocycles. The van der Waals surface area contributed by atoms with Gasteiger partial charge in [0.15, 0.2) is 0 Å². The molecule has 0 radical (unpaired) electrons. The summed E-state index contributed by atoms with van der Waals surface area (Å²) in [7, 11) is 0. The second kappa shape index (κ2) is 7.05. The van der Waals surface area contributed by atoms with Crippen LogP contribution < -0.4 is 0 Å². The van der Waals surface area contributed by atoms with E-state index in [2.05, 4.69) is 100 Å². The fourth-order valence-electron chi connectivity index (χ4n) is 3.46. The van der Waals surface area contributed by atoms with Gasteiger partial charge in [0.1, 0.15) is 0 Å². The van der Waals surface area contributed by atoms with Gasteiger partial charge in [-0.3, -0.25) is 0 Å². The lowest BCUT2D eigenvalue weighted by Gasteiger charge is -2.20. The number of rotatable bonds is 4. The Bertz CT molecular complexity index is 793. The molecule has 3 aromatic rings. The molecule has 122 valence electrons. The van der Waals surface area contributed by atoms with Gasteiger partial charge < -0.3 is 0 Å². The van der Waals surface area contributed by atoms with E-state index in [-0.39, 0.29) is 0 Å². The van der Waals surface area contributed by atoms with E-state index < -0.39 is 0 Å². The zero-order chi connectivity index (χ0) is 17.1. The van der Waals surface area contributed by atoms with E-state index in [1.165, 1.54) is 33.4 Å². The van der Waals surface area contributed by atoms with Crippen molar-refractivity contribution in [3.63, 3.8) is 0 Å². The molecular formula is C24H26. The topological polar surface area (TPSA) is 0 Å². The van der Waals surface area contributed by atoms with E-state index >= 15 is 0 Å². The maximum atomic E-state index is 2.29. The molecule has 0 saturated heterocycles. The molecule has 0 amide bonds. The molecule has 0 saturated carbocycles. The highest BCUT2D eigenvalue weighted by atomic mass is 14.2. The van der Waals surface area contributed by atoms with E-state index in [9.17, 15) is 0 Å². The van der Waals surface area contributed by atoms with E-state index in [1.54, 1.807) is 0 Å². The number of hydrogen-bond donors (Lipinski definition) is 0. The van der Waals surface area contributed by atoms with Gasteiger partial charge >= 0.3 is 0 Å². The normalized spacial score (nSPS) is 11.2. The van der Waals surface area contributed by atoms with Crippen molar-refractivity contribution in [3.05, 3.63) is 83.9 Å². The molecule has 0 heterocycles. The standard InChI is InChI=1S/C24H26/c1-17(2)22-11-8-12-23(24(22)18(3)4)21-15-13-20(14-16-21)19-9-6-5-7-10-19/h5-18H,1-4H3. The van der Waals surface area contributed by atoms with Gasteiger partial charge in [0.05, 0.1) is 0 Å². The first kappa shape index (κ1) is 16.5. The van der Waals surface area contributed by atoms with Crippen molar-refractivity contribution in [2.24, 2.45) is 0 Å². The predicted octanol–water partition coefficient (Wildman–Crippen LogP) is 7.27. The third kappa shape index (κ3) is 3.28. The summed E-state index contributed by atoms with van der Waals surface area (Å²) in [4.78, 5) is 0. The van der Waals surface area contributed by atoms with Gasteiger partial charge in [-0.05, 0) is 45.2 Å². The number of hydrogen-bond acceptors (Lipinski definition) is 0. The maximum absolute atomic E-state index is 2.29. The average Bonchev–Trinajstić information content (AvgIpc) is 2.62. The van der Waals surface area contributed by atoms with Crippen molar-refractivity contribution in [3.8, 4) is 22.3 Å². The third-order valence-electron chi connectivity index (χ3n) is 4.64. The third-order valence-corrected chi connectivity index (χ3v) is 4.64. The van der Waals surface area contributed by atoms with Crippen LogP contribution in [0.15, 0.2) is 72.8 Å². The van der Waals surface area contributed by atoms with Crippen LogP contribution in [0, 0.1) is 0 Å². The summed E-state index contributed by atoms with van der Waals surface area (Å²) in [6.45, 7) is 9.15. The predicted molar refractivity (Wildman–Crippen MR) is 105 cm³/mol. The van der Waals surface area contributed by atoms with Crippen LogP contribution in [0.3, 0.4) is 0 Å². The molecule has 0 nitrogen and oxygen atoms in total. The van der Waals surface area contributed by atoms with Crippen molar-refractivity contribution in [2.45, 2.75) is 39.5 Å². The lowest BCUT2D eigenvalue weighted by atomic mass is 9.84. The molecule has 0 aliphatic heterocycles. The Morgan fingerprint density at radius 3 is 1.67 bits per heavy atom. The largest absolute Gasteiger partial charge is 0.0622 e. The molecule has 24 heavy (non-hydrogen) atoms. The molecule has 3 aromatic carbocycles. The minimum atomic E-state index is 0.521. The van der Waals surface area contributed by atoms with Crippen molar-refractivity contribution in [1.82, 2.24) is 0 Å². The molecule has 0 N–H and O–H groups in total. The zero-order valence-electron chi connectivity index (χ0n) is 15.1. The molecule has 0 fully saturated rings. The quantitative estimate of drug-likeness (QED) is 0.475. The van der Waals surface area contributed by atoms with Crippen molar-refractivity contribution < 1.29 is 0 Å². The second-order valence-corrected chi connectivity index (χ2v) is 7.06. The summed E-state index contributed by atoms with van der Waals surface area (Å²) in [5.74, 6) is 1.07. The molecule has 0 aliphatic carbocycles. The first-order valence-corrected chi connectivity index (χ1v) is 8.86. The minimum absolute atomic E-state index is 0.521. The van der Waals surface area contributed by atoms with Crippen LogP contribution in [0.1, 0.15) is 50.7 Å². The molecule has 0 atom stereocenters. The van der Waals surface area contributed by atoms with E-state index in [1.807, 2.05) is 0 Å². The van der Waals surface area contributed by atoms with Crippen molar-refractivity contribution >= 4 is 0 Å². The van der Waals surface area contributed by atoms with Crippen LogP contribution in [0.4, 0.5) is 0 Å². The fourth-order valence-corrected chi connectivity index (χ4v) is 3.46. The summed E-state index contributed by atoms with van der Waals surface area (Å²) < 4.78 is 0. The highest BCUT2D eigenvalue weighted by Gasteiger charge is 2.15. The Kier molecular flexibility index (Phi) is 4.85. The first-order chi connectivity index (χ1) is 11.6. The summed E-state index contributed by atoms with van der Waals surface area (Å²) >= 11 is 0. The molecule has 0 unspecified atom stereocenters. The Balaban J connectivity index is 2.05. The lowest BCUT2D eigenvalue weighted by molar-refractivity contribution is 0.792. The summed E-state index contributed by atoms with van der Waals surface area (Å²) in [6, 6.07) is 26.3. The zero-order valence-corrected chi connectivity index (χ0v) is 15.1. The maximum Gasteiger partial charge on any atom is -0.0146 e. The van der Waals surface area contributed by atoms with Gasteiger partial charge in [0.25, 0.3) is 0 Å². The molecule has 3 rings (SSSR count). The Hall–Kier alpha value is -2.34. The molecule has 0 bridgehead atoms. The average molecular weight is 314 g/mol. The van der Waals surface area contributed by atoms with Crippen LogP contribution >= 0.6 is 0 Å². The van der Waals surface area contributed by atoms with Crippen LogP contribution in [-0.2, 0) is 0 Å². The Morgan fingerprint density at radius 1 is 0.500 bits per heavy atom. The van der Waals surface area contributed by atoms with Crippen LogP contribution in [-0.4, -0.2) is 0 Å². The van der Waals surface area contributed by atoms with Gasteiger partial charge in [-0.15, -0.1) is 0 Å². The van der Waals surface area contributed by atoms with Crippen LogP contribution in [0.5, 0.6) is 0 Å². The molecule has 0 heteroatoms. The van der Waals surface area contributed by atoms with Gasteiger partial charge in [-0.2, -0.15) is 0 Å². The SMILES string of the molecule is CC(C)c1cccc(-c2ccc(-c3ccccc3)cc2)c1C(C)C. The minimum Gasteiger partial charge on any atom is -0.0622 e. The van der Waals surface area contributed by atoms with Crippen LogP contribution in [0.2, 0.25) is 0 Å². The van der Waals surface area contributed by atoms with Gasteiger partial charge in [0, 0.05) is 0 Å². The Labute approximate surface area is 146 Å². The summed E-state index contributed by atoms with van der Waals surface area (Å²) in [6.07, 6.45) is 0. The number of benzene rings is 3. The van der Waals surface area contributed by atoms with E-state index in [0.29, 0.717) is 11.8 Å². The van der Waals surface area contributed by atoms with E-state index in [4.69, 9.17) is 0 Å². The second-order valence-electron chi connectivity index (χ2n) is 7.06. The smallest absolute Gasteiger partial charge is 0.0146 e. The highest BCUT2D eigenvalue weighted by Crippen LogP contribution is 2.36. The van der Waals surface area contributed by atoms with Crippen LogP contribution in [0.25, 0.3) is 22.3 Å². The molecular weight excluding hydrogens is 288 g/mol. The molecule has 0 spiro atoms. The van der Waals surface area contributed by atoms with Gasteiger partial charge in [-0.1, -0.05) is 100 Å². The lowest BCUT2D eigenvalue weighted by Crippen LogP contribution is -2.01. The first-order valence-electron chi connectivity index (χ1n) is 8.86. The summed E-state index contributed by atoms with van der Waals surface area (Å²) in [5, 5.41) is 0. The van der Waals surface area contributed by atoms with Crippen molar-refractivity contribution in [1.29, 1.82) is 0 Å². The van der Waals surface area contributed by atoms with Gasteiger partial charge in [0.2, 0.25) is 0 Å². The van der Waals surface area contributed by atoms with Gasteiger partial charge in [-0.25, -0.2) is 0 Å². The van der Waals surface area contributed by atoms with E-state index in [0.717, 1.165) is 0 Å². The summed E-state index contributed by atoms with van der Waals surface area (Å²) in [5.41, 5.74) is 8.17. The Morgan fingerprint density at radius 2 is 1.08 bits per heavy atom. The fraction of sp³-hybridized carbons (Fsp3) is 0.250.